The highest BCUT2D eigenvalue weighted by Gasteiger charge is 2.21. The first-order chi connectivity index (χ1) is 19.4. The number of benzene rings is 7. The minimum atomic E-state index is 1.17. The SMILES string of the molecule is c1ccc(-c2cc3c(c4ccccc24)c2c4ccccc4c(-c4ccccc4)cc2n3-c2ccccc2)cc1. The van der Waals surface area contributed by atoms with Gasteiger partial charge in [0.15, 0.2) is 0 Å². The molecule has 0 bridgehead atoms. The van der Waals surface area contributed by atoms with Gasteiger partial charge < -0.3 is 4.57 Å². The van der Waals surface area contributed by atoms with Crippen molar-refractivity contribution in [1.29, 1.82) is 0 Å². The average molecular weight is 496 g/mol. The fourth-order valence-corrected chi connectivity index (χ4v) is 6.30. The third-order valence-electron chi connectivity index (χ3n) is 7.96. The Labute approximate surface area is 227 Å². The van der Waals surface area contributed by atoms with Crippen molar-refractivity contribution in [3.05, 3.63) is 152 Å². The van der Waals surface area contributed by atoms with Gasteiger partial charge in [-0.15, -0.1) is 0 Å². The van der Waals surface area contributed by atoms with Crippen LogP contribution < -0.4 is 0 Å². The van der Waals surface area contributed by atoms with E-state index in [9.17, 15) is 0 Å². The van der Waals surface area contributed by atoms with Gasteiger partial charge in [0.05, 0.1) is 11.0 Å². The number of hydrogen-bond donors (Lipinski definition) is 0. The van der Waals surface area contributed by atoms with E-state index in [0.717, 1.165) is 0 Å². The molecule has 0 N–H and O–H groups in total. The molecule has 0 fully saturated rings. The van der Waals surface area contributed by atoms with Gasteiger partial charge in [0.1, 0.15) is 0 Å². The van der Waals surface area contributed by atoms with Crippen molar-refractivity contribution in [2.24, 2.45) is 0 Å². The third-order valence-corrected chi connectivity index (χ3v) is 7.96. The summed E-state index contributed by atoms with van der Waals surface area (Å²) >= 11 is 0. The highest BCUT2D eigenvalue weighted by molar-refractivity contribution is 6.31. The van der Waals surface area contributed by atoms with E-state index in [1.54, 1.807) is 0 Å². The van der Waals surface area contributed by atoms with Crippen molar-refractivity contribution in [1.82, 2.24) is 4.57 Å². The lowest BCUT2D eigenvalue weighted by Gasteiger charge is -2.12. The fourth-order valence-electron chi connectivity index (χ4n) is 6.30. The fraction of sp³-hybridized carbons (Fsp3) is 0. The van der Waals surface area contributed by atoms with E-state index >= 15 is 0 Å². The number of rotatable bonds is 3. The molecule has 0 aliphatic heterocycles. The normalized spacial score (nSPS) is 11.6. The van der Waals surface area contributed by atoms with Crippen LogP contribution >= 0.6 is 0 Å². The number of para-hydroxylation sites is 1. The van der Waals surface area contributed by atoms with E-state index in [-0.39, 0.29) is 0 Å². The van der Waals surface area contributed by atoms with Crippen molar-refractivity contribution in [3.63, 3.8) is 0 Å². The van der Waals surface area contributed by atoms with Gasteiger partial charge in [-0.05, 0) is 68.1 Å². The Kier molecular flexibility index (Phi) is 4.89. The first-order valence-corrected chi connectivity index (χ1v) is 13.5. The molecule has 7 aromatic carbocycles. The van der Waals surface area contributed by atoms with Crippen LogP contribution in [0, 0.1) is 0 Å². The molecule has 0 unspecified atom stereocenters. The van der Waals surface area contributed by atoms with Crippen LogP contribution in [-0.4, -0.2) is 4.57 Å². The maximum Gasteiger partial charge on any atom is 0.0553 e. The summed E-state index contributed by atoms with van der Waals surface area (Å²) in [5.41, 5.74) is 8.59. The van der Waals surface area contributed by atoms with E-state index in [1.807, 2.05) is 0 Å². The molecule has 1 nitrogen and oxygen atoms in total. The lowest BCUT2D eigenvalue weighted by Crippen LogP contribution is -1.94. The van der Waals surface area contributed by atoms with Gasteiger partial charge in [-0.2, -0.15) is 0 Å². The molecule has 0 saturated heterocycles. The molecule has 0 atom stereocenters. The van der Waals surface area contributed by atoms with Crippen molar-refractivity contribution in [3.8, 4) is 27.9 Å². The highest BCUT2D eigenvalue weighted by atomic mass is 15.0. The Balaban J connectivity index is 1.65. The maximum absolute atomic E-state index is 2.46. The molecule has 0 aliphatic carbocycles. The predicted molar refractivity (Wildman–Crippen MR) is 167 cm³/mol. The molecular weight excluding hydrogens is 470 g/mol. The van der Waals surface area contributed by atoms with Gasteiger partial charge in [0, 0.05) is 16.5 Å². The Morgan fingerprint density at radius 2 is 0.692 bits per heavy atom. The second-order valence-electron chi connectivity index (χ2n) is 10.1. The Morgan fingerprint density at radius 1 is 0.333 bits per heavy atom. The number of aromatic nitrogens is 1. The van der Waals surface area contributed by atoms with E-state index in [0.29, 0.717) is 0 Å². The van der Waals surface area contributed by atoms with Crippen LogP contribution in [0.4, 0.5) is 0 Å². The summed E-state index contributed by atoms with van der Waals surface area (Å²) in [5, 5.41) is 7.73. The minimum Gasteiger partial charge on any atom is -0.309 e. The summed E-state index contributed by atoms with van der Waals surface area (Å²) in [6.45, 7) is 0. The second kappa shape index (κ2) is 8.72. The topological polar surface area (TPSA) is 4.93 Å². The largest absolute Gasteiger partial charge is 0.309 e. The van der Waals surface area contributed by atoms with Crippen LogP contribution in [0.5, 0.6) is 0 Å². The zero-order valence-electron chi connectivity index (χ0n) is 21.4. The number of hydrogen-bond acceptors (Lipinski definition) is 0. The van der Waals surface area contributed by atoms with Gasteiger partial charge in [-0.3, -0.25) is 0 Å². The first-order valence-electron chi connectivity index (χ1n) is 13.5. The van der Waals surface area contributed by atoms with E-state index in [4.69, 9.17) is 0 Å². The Morgan fingerprint density at radius 3 is 1.13 bits per heavy atom. The summed E-state index contributed by atoms with van der Waals surface area (Å²) in [5.74, 6) is 0. The molecule has 39 heavy (non-hydrogen) atoms. The Bertz CT molecular complexity index is 2000. The lowest BCUT2D eigenvalue weighted by molar-refractivity contribution is 1.18. The first kappa shape index (κ1) is 21.9. The van der Waals surface area contributed by atoms with Crippen LogP contribution in [0.2, 0.25) is 0 Å². The zero-order chi connectivity index (χ0) is 25.8. The maximum atomic E-state index is 2.46. The summed E-state index contributed by atoms with van der Waals surface area (Å²) in [4.78, 5) is 0. The smallest absolute Gasteiger partial charge is 0.0553 e. The van der Waals surface area contributed by atoms with Crippen LogP contribution in [0.15, 0.2) is 152 Å². The molecule has 182 valence electrons. The van der Waals surface area contributed by atoms with Gasteiger partial charge >= 0.3 is 0 Å². The molecule has 8 aromatic rings. The van der Waals surface area contributed by atoms with Crippen LogP contribution in [0.1, 0.15) is 0 Å². The number of fused-ring (bicyclic) bond motifs is 7. The lowest BCUT2D eigenvalue weighted by atomic mass is 9.92. The third kappa shape index (κ3) is 3.34. The van der Waals surface area contributed by atoms with Crippen molar-refractivity contribution in [2.45, 2.75) is 0 Å². The molecule has 0 spiro atoms. The molecule has 0 amide bonds. The van der Waals surface area contributed by atoms with E-state index < -0.39 is 0 Å². The van der Waals surface area contributed by atoms with E-state index in [2.05, 4.69) is 156 Å². The quantitative estimate of drug-likeness (QED) is 0.230. The number of nitrogens with zero attached hydrogens (tertiary/aromatic N) is 1. The van der Waals surface area contributed by atoms with Gasteiger partial charge in [-0.1, -0.05) is 127 Å². The van der Waals surface area contributed by atoms with Crippen molar-refractivity contribution >= 4 is 43.4 Å². The van der Waals surface area contributed by atoms with Gasteiger partial charge in [0.25, 0.3) is 0 Å². The summed E-state index contributed by atoms with van der Waals surface area (Å²) < 4.78 is 2.46. The summed E-state index contributed by atoms with van der Waals surface area (Å²) in [7, 11) is 0. The van der Waals surface area contributed by atoms with E-state index in [1.165, 1.54) is 71.3 Å². The molecule has 0 radical (unpaired) electrons. The zero-order valence-corrected chi connectivity index (χ0v) is 21.4. The van der Waals surface area contributed by atoms with Gasteiger partial charge in [-0.25, -0.2) is 0 Å². The molecule has 1 aromatic heterocycles. The van der Waals surface area contributed by atoms with Gasteiger partial charge in [0.2, 0.25) is 0 Å². The van der Waals surface area contributed by atoms with Crippen LogP contribution in [0.3, 0.4) is 0 Å². The van der Waals surface area contributed by atoms with Crippen molar-refractivity contribution in [2.75, 3.05) is 0 Å². The highest BCUT2D eigenvalue weighted by Crippen LogP contribution is 2.45. The van der Waals surface area contributed by atoms with Crippen molar-refractivity contribution < 1.29 is 0 Å². The van der Waals surface area contributed by atoms with Crippen LogP contribution in [0.25, 0.3) is 71.3 Å². The molecule has 1 heterocycles. The second-order valence-corrected chi connectivity index (χ2v) is 10.1. The molecule has 8 rings (SSSR count). The summed E-state index contributed by atoms with van der Waals surface area (Å²) in [6.07, 6.45) is 0. The minimum absolute atomic E-state index is 1.17. The molecule has 0 saturated carbocycles. The summed E-state index contributed by atoms with van der Waals surface area (Å²) in [6, 6.07) is 54.9. The monoisotopic (exact) mass is 495 g/mol. The Hall–Kier alpha value is -5.14. The molecule has 1 heteroatoms. The predicted octanol–water partition coefficient (Wildman–Crippen LogP) is 10.4. The molecular formula is C38H25N. The van der Waals surface area contributed by atoms with Crippen LogP contribution in [-0.2, 0) is 0 Å². The standard InChI is InChI=1S/C38H25N/c1-4-14-26(15-5-1)33-24-35-37(31-22-12-10-20-29(31)33)38-32-23-13-11-21-30(32)34(27-16-6-2-7-17-27)25-36(38)39(35)28-18-8-3-9-19-28/h1-25H. The average Bonchev–Trinajstić information content (AvgIpc) is 3.36. The molecule has 0 aliphatic rings.